The molecule has 0 aliphatic carbocycles. The molecule has 1 N–H and O–H groups in total. The van der Waals surface area contributed by atoms with Crippen LogP contribution in [0.15, 0.2) is 47.4 Å². The van der Waals surface area contributed by atoms with Crippen LogP contribution < -0.4 is 14.8 Å². The van der Waals surface area contributed by atoms with Crippen LogP contribution in [0.5, 0.6) is 11.5 Å². The molecule has 0 unspecified atom stereocenters. The molecule has 126 valence electrons. The fourth-order valence-corrected chi connectivity index (χ4v) is 3.18. The third-order valence-corrected chi connectivity index (χ3v) is 4.59. The van der Waals surface area contributed by atoms with Crippen molar-refractivity contribution in [3.8, 4) is 11.5 Å². The third kappa shape index (κ3) is 4.20. The Balaban J connectivity index is 1.64. The van der Waals surface area contributed by atoms with E-state index in [0.29, 0.717) is 24.7 Å². The van der Waals surface area contributed by atoms with Crippen molar-refractivity contribution in [2.45, 2.75) is 23.5 Å². The largest absolute Gasteiger partial charge is 0.490 e. The molecule has 1 aliphatic heterocycles. The van der Waals surface area contributed by atoms with Crippen LogP contribution in [0.1, 0.15) is 13.3 Å². The molecule has 3 rings (SSSR count). The Kier molecular flexibility index (Phi) is 5.25. The average molecular weight is 347 g/mol. The van der Waals surface area contributed by atoms with Gasteiger partial charge in [0.05, 0.1) is 18.5 Å². The molecule has 1 aliphatic rings. The van der Waals surface area contributed by atoms with Gasteiger partial charge in [0, 0.05) is 17.0 Å². The summed E-state index contributed by atoms with van der Waals surface area (Å²) in [5.74, 6) is 0.873. The summed E-state index contributed by atoms with van der Waals surface area (Å²) in [6.07, 6.45) is 0.851. The highest BCUT2D eigenvalue weighted by Gasteiger charge is 2.17. The molecular formula is C18H18FNO3S. The van der Waals surface area contributed by atoms with E-state index in [9.17, 15) is 9.18 Å². The summed E-state index contributed by atoms with van der Waals surface area (Å²) in [6.45, 7) is 3.07. The number of nitrogens with one attached hydrogen (secondary N) is 1. The Bertz CT molecular complexity index is 738. The molecule has 2 aromatic carbocycles. The number of rotatable bonds is 4. The van der Waals surface area contributed by atoms with Crippen molar-refractivity contribution in [1.82, 2.24) is 0 Å². The van der Waals surface area contributed by atoms with Gasteiger partial charge in [-0.15, -0.1) is 11.8 Å². The molecule has 0 saturated carbocycles. The monoisotopic (exact) mass is 347 g/mol. The second-order valence-electron chi connectivity index (χ2n) is 5.42. The predicted octanol–water partition coefficient (Wildman–Crippen LogP) is 4.11. The maximum absolute atomic E-state index is 13.2. The van der Waals surface area contributed by atoms with Crippen molar-refractivity contribution < 1.29 is 18.7 Å². The SMILES string of the molecule is C[C@H](Sc1ccc2c(c1)OCCCO2)C(=O)Nc1cccc(F)c1. The fraction of sp³-hybridized carbons (Fsp3) is 0.278. The molecule has 1 heterocycles. The van der Waals surface area contributed by atoms with Crippen molar-refractivity contribution in [1.29, 1.82) is 0 Å². The minimum absolute atomic E-state index is 0.183. The smallest absolute Gasteiger partial charge is 0.237 e. The summed E-state index contributed by atoms with van der Waals surface area (Å²) in [5.41, 5.74) is 0.450. The van der Waals surface area contributed by atoms with Crippen molar-refractivity contribution in [2.24, 2.45) is 0 Å². The van der Waals surface area contributed by atoms with Gasteiger partial charge in [0.2, 0.25) is 5.91 Å². The van der Waals surface area contributed by atoms with Crippen molar-refractivity contribution in [3.63, 3.8) is 0 Å². The molecule has 1 amide bonds. The number of hydrogen-bond acceptors (Lipinski definition) is 4. The van der Waals surface area contributed by atoms with Gasteiger partial charge < -0.3 is 14.8 Å². The summed E-state index contributed by atoms with van der Waals surface area (Å²) in [4.78, 5) is 13.2. The van der Waals surface area contributed by atoms with Gasteiger partial charge in [-0.3, -0.25) is 4.79 Å². The van der Waals surface area contributed by atoms with Crippen LogP contribution in [0, 0.1) is 5.82 Å². The third-order valence-electron chi connectivity index (χ3n) is 3.49. The first kappa shape index (κ1) is 16.6. The zero-order chi connectivity index (χ0) is 16.9. The molecule has 0 fully saturated rings. The zero-order valence-corrected chi connectivity index (χ0v) is 14.1. The second kappa shape index (κ2) is 7.57. The van der Waals surface area contributed by atoms with Crippen LogP contribution >= 0.6 is 11.8 Å². The first-order chi connectivity index (χ1) is 11.6. The zero-order valence-electron chi connectivity index (χ0n) is 13.3. The topological polar surface area (TPSA) is 47.6 Å². The molecule has 24 heavy (non-hydrogen) atoms. The minimum Gasteiger partial charge on any atom is -0.490 e. The highest BCUT2D eigenvalue weighted by Crippen LogP contribution is 2.35. The van der Waals surface area contributed by atoms with E-state index in [1.807, 2.05) is 25.1 Å². The Morgan fingerprint density at radius 1 is 1.17 bits per heavy atom. The maximum atomic E-state index is 13.2. The fourth-order valence-electron chi connectivity index (χ4n) is 2.28. The van der Waals surface area contributed by atoms with Crippen molar-refractivity contribution in [2.75, 3.05) is 18.5 Å². The molecule has 0 radical (unpaired) electrons. The van der Waals surface area contributed by atoms with Crippen LogP contribution in [0.25, 0.3) is 0 Å². The Morgan fingerprint density at radius 3 is 2.75 bits per heavy atom. The van der Waals surface area contributed by atoms with Crippen LogP contribution in [0.4, 0.5) is 10.1 Å². The molecule has 6 heteroatoms. The molecule has 0 aromatic heterocycles. The molecule has 0 bridgehead atoms. The van der Waals surface area contributed by atoms with E-state index in [1.165, 1.54) is 23.9 Å². The lowest BCUT2D eigenvalue weighted by Crippen LogP contribution is -2.22. The van der Waals surface area contributed by atoms with Crippen LogP contribution in [0.2, 0.25) is 0 Å². The predicted molar refractivity (Wildman–Crippen MR) is 92.4 cm³/mol. The lowest BCUT2D eigenvalue weighted by Gasteiger charge is -2.14. The summed E-state index contributed by atoms with van der Waals surface area (Å²) in [7, 11) is 0. The summed E-state index contributed by atoms with van der Waals surface area (Å²) in [6, 6.07) is 11.5. The van der Waals surface area contributed by atoms with Gasteiger partial charge in [-0.05, 0) is 43.3 Å². The lowest BCUT2D eigenvalue weighted by molar-refractivity contribution is -0.115. The number of halogens is 1. The molecule has 1 atom stereocenters. The van der Waals surface area contributed by atoms with Crippen LogP contribution in [-0.2, 0) is 4.79 Å². The summed E-state index contributed by atoms with van der Waals surface area (Å²) < 4.78 is 24.4. The quantitative estimate of drug-likeness (QED) is 0.846. The minimum atomic E-state index is -0.379. The Labute approximate surface area is 144 Å². The van der Waals surface area contributed by atoms with E-state index in [2.05, 4.69) is 5.32 Å². The van der Waals surface area contributed by atoms with E-state index in [0.717, 1.165) is 17.1 Å². The van der Waals surface area contributed by atoms with Gasteiger partial charge in [0.15, 0.2) is 11.5 Å². The van der Waals surface area contributed by atoms with E-state index < -0.39 is 0 Å². The lowest BCUT2D eigenvalue weighted by atomic mass is 10.3. The molecule has 4 nitrogen and oxygen atoms in total. The number of hydrogen-bond donors (Lipinski definition) is 1. The number of fused-ring (bicyclic) bond motifs is 1. The van der Waals surface area contributed by atoms with Gasteiger partial charge in [0.1, 0.15) is 5.82 Å². The summed E-state index contributed by atoms with van der Waals surface area (Å²) >= 11 is 1.41. The van der Waals surface area contributed by atoms with E-state index in [-0.39, 0.29) is 17.0 Å². The van der Waals surface area contributed by atoms with Gasteiger partial charge >= 0.3 is 0 Å². The first-order valence-corrected chi connectivity index (χ1v) is 8.62. The number of carbonyl (C=O) groups excluding carboxylic acids is 1. The maximum Gasteiger partial charge on any atom is 0.237 e. The highest BCUT2D eigenvalue weighted by molar-refractivity contribution is 8.00. The standard InChI is InChI=1S/C18H18FNO3S/c1-12(18(21)20-14-5-2-4-13(19)10-14)24-15-6-7-16-17(11-15)23-9-3-8-22-16/h2,4-7,10-12H,3,8-9H2,1H3,(H,20,21)/t12-/m0/s1. The second-order valence-corrected chi connectivity index (χ2v) is 6.83. The van der Waals surface area contributed by atoms with Crippen LogP contribution in [0.3, 0.4) is 0 Å². The van der Waals surface area contributed by atoms with Crippen molar-refractivity contribution >= 4 is 23.4 Å². The number of carbonyl (C=O) groups is 1. The van der Waals surface area contributed by atoms with Gasteiger partial charge in [0.25, 0.3) is 0 Å². The number of ether oxygens (including phenoxy) is 2. The Morgan fingerprint density at radius 2 is 1.96 bits per heavy atom. The normalized spacial score (nSPS) is 14.6. The average Bonchev–Trinajstić information content (AvgIpc) is 2.79. The molecule has 2 aromatic rings. The van der Waals surface area contributed by atoms with Gasteiger partial charge in [-0.1, -0.05) is 6.07 Å². The molecule has 0 spiro atoms. The van der Waals surface area contributed by atoms with E-state index in [1.54, 1.807) is 12.1 Å². The van der Waals surface area contributed by atoms with E-state index >= 15 is 0 Å². The first-order valence-electron chi connectivity index (χ1n) is 7.74. The van der Waals surface area contributed by atoms with E-state index in [4.69, 9.17) is 9.47 Å². The summed E-state index contributed by atoms with van der Waals surface area (Å²) in [5, 5.41) is 2.38. The number of thioether (sulfide) groups is 1. The Hall–Kier alpha value is -2.21. The number of benzene rings is 2. The number of anilines is 1. The highest BCUT2D eigenvalue weighted by atomic mass is 32.2. The molecular weight excluding hydrogens is 329 g/mol. The van der Waals surface area contributed by atoms with Gasteiger partial charge in [-0.25, -0.2) is 4.39 Å². The van der Waals surface area contributed by atoms with Crippen molar-refractivity contribution in [3.05, 3.63) is 48.3 Å². The van der Waals surface area contributed by atoms with Gasteiger partial charge in [-0.2, -0.15) is 0 Å². The number of amides is 1. The molecule has 0 saturated heterocycles. The van der Waals surface area contributed by atoms with Crippen LogP contribution in [-0.4, -0.2) is 24.4 Å².